The lowest BCUT2D eigenvalue weighted by Crippen LogP contribution is -2.44. The van der Waals surface area contributed by atoms with E-state index in [2.05, 4.69) is 22.9 Å². The first-order chi connectivity index (χ1) is 9.47. The smallest absolute Gasteiger partial charge is 0.263 e. The highest BCUT2D eigenvalue weighted by molar-refractivity contribution is 9.10. The maximum absolute atomic E-state index is 13.7. The van der Waals surface area contributed by atoms with Gasteiger partial charge in [-0.1, -0.05) is 22.9 Å². The first kappa shape index (κ1) is 15.3. The summed E-state index contributed by atoms with van der Waals surface area (Å²) in [6.45, 7) is 5.38. The fraction of sp³-hybridized carbons (Fsp3) is 0.533. The second-order valence-electron chi connectivity index (χ2n) is 5.34. The van der Waals surface area contributed by atoms with Crippen molar-refractivity contribution in [2.75, 3.05) is 13.1 Å². The molecule has 1 aliphatic rings. The van der Waals surface area contributed by atoms with E-state index in [1.807, 2.05) is 0 Å². The number of hydrogen-bond acceptors (Lipinski definition) is 2. The van der Waals surface area contributed by atoms with Gasteiger partial charge in [0.05, 0.1) is 0 Å². The van der Waals surface area contributed by atoms with Gasteiger partial charge in [-0.3, -0.25) is 4.79 Å². The van der Waals surface area contributed by atoms with Crippen LogP contribution in [-0.4, -0.2) is 30.0 Å². The van der Waals surface area contributed by atoms with Crippen molar-refractivity contribution in [2.45, 2.75) is 32.8 Å². The molecule has 110 valence electrons. The van der Waals surface area contributed by atoms with Gasteiger partial charge in [-0.15, -0.1) is 0 Å². The molecule has 0 aliphatic carbocycles. The van der Waals surface area contributed by atoms with Crippen LogP contribution in [-0.2, 0) is 4.79 Å². The van der Waals surface area contributed by atoms with Crippen LogP contribution in [0.5, 0.6) is 5.75 Å². The summed E-state index contributed by atoms with van der Waals surface area (Å²) >= 11 is 3.19. The van der Waals surface area contributed by atoms with Crippen LogP contribution in [0.2, 0.25) is 0 Å². The molecule has 3 nitrogen and oxygen atoms in total. The largest absolute Gasteiger partial charge is 0.478 e. The molecule has 1 heterocycles. The van der Waals surface area contributed by atoms with Gasteiger partial charge in [0.1, 0.15) is 0 Å². The highest BCUT2D eigenvalue weighted by Crippen LogP contribution is 2.23. The van der Waals surface area contributed by atoms with E-state index in [0.717, 1.165) is 25.9 Å². The molecular formula is C15H19BrFNO2. The van der Waals surface area contributed by atoms with Crippen molar-refractivity contribution in [1.29, 1.82) is 0 Å². The Morgan fingerprint density at radius 2 is 2.10 bits per heavy atom. The maximum Gasteiger partial charge on any atom is 0.263 e. The minimum absolute atomic E-state index is 0.0702. The molecule has 2 rings (SSSR count). The van der Waals surface area contributed by atoms with Crippen LogP contribution < -0.4 is 4.74 Å². The Hall–Kier alpha value is -1.10. The van der Waals surface area contributed by atoms with E-state index in [0.29, 0.717) is 10.4 Å². The summed E-state index contributed by atoms with van der Waals surface area (Å²) in [5, 5.41) is 0. The summed E-state index contributed by atoms with van der Waals surface area (Å²) in [6.07, 6.45) is 1.37. The molecule has 20 heavy (non-hydrogen) atoms. The van der Waals surface area contributed by atoms with Crippen molar-refractivity contribution in [3.63, 3.8) is 0 Å². The number of amides is 1. The standard InChI is InChI=1S/C15H19BrFNO2/c1-10-5-7-18(8-6-10)15(19)11(2)20-14-4-3-12(16)9-13(14)17/h3-4,9-11H,5-8H2,1-2H3. The number of carbonyl (C=O) groups excluding carboxylic acids is 1. The molecule has 1 saturated heterocycles. The Morgan fingerprint density at radius 3 is 2.70 bits per heavy atom. The predicted octanol–water partition coefficient (Wildman–Crippen LogP) is 3.61. The zero-order valence-electron chi connectivity index (χ0n) is 11.7. The first-order valence-electron chi connectivity index (χ1n) is 6.88. The van der Waals surface area contributed by atoms with Gasteiger partial charge in [-0.2, -0.15) is 0 Å². The second-order valence-corrected chi connectivity index (χ2v) is 6.26. The molecule has 0 spiro atoms. The van der Waals surface area contributed by atoms with Crippen LogP contribution in [0.15, 0.2) is 22.7 Å². The Kier molecular flexibility index (Phi) is 5.02. The number of piperidine rings is 1. The van der Waals surface area contributed by atoms with E-state index in [1.54, 1.807) is 17.9 Å². The summed E-state index contributed by atoms with van der Waals surface area (Å²) in [4.78, 5) is 14.1. The summed E-state index contributed by atoms with van der Waals surface area (Å²) in [7, 11) is 0. The third-order valence-electron chi connectivity index (χ3n) is 3.64. The van der Waals surface area contributed by atoms with E-state index in [-0.39, 0.29) is 11.7 Å². The number of rotatable bonds is 3. The molecule has 0 N–H and O–H groups in total. The van der Waals surface area contributed by atoms with E-state index in [1.165, 1.54) is 12.1 Å². The van der Waals surface area contributed by atoms with Crippen LogP contribution in [0.25, 0.3) is 0 Å². The Labute approximate surface area is 127 Å². The van der Waals surface area contributed by atoms with Crippen molar-refractivity contribution in [3.05, 3.63) is 28.5 Å². The molecule has 1 unspecified atom stereocenters. The topological polar surface area (TPSA) is 29.5 Å². The molecule has 1 amide bonds. The highest BCUT2D eigenvalue weighted by atomic mass is 79.9. The zero-order valence-corrected chi connectivity index (χ0v) is 13.3. The summed E-state index contributed by atoms with van der Waals surface area (Å²) in [5.74, 6) is 0.240. The van der Waals surface area contributed by atoms with Crippen LogP contribution in [0.3, 0.4) is 0 Å². The maximum atomic E-state index is 13.7. The van der Waals surface area contributed by atoms with Gasteiger partial charge in [-0.25, -0.2) is 4.39 Å². The third kappa shape index (κ3) is 3.72. The van der Waals surface area contributed by atoms with Crippen LogP contribution in [0, 0.1) is 11.7 Å². The number of carbonyl (C=O) groups is 1. The lowest BCUT2D eigenvalue weighted by atomic mass is 9.99. The van der Waals surface area contributed by atoms with Gasteiger partial charge < -0.3 is 9.64 Å². The Bertz CT molecular complexity index is 487. The number of hydrogen-bond donors (Lipinski definition) is 0. The summed E-state index contributed by atoms with van der Waals surface area (Å²) < 4.78 is 19.8. The molecule has 0 aromatic heterocycles. The molecule has 1 aromatic carbocycles. The quantitative estimate of drug-likeness (QED) is 0.838. The summed E-state index contributed by atoms with van der Waals surface area (Å²) in [5.41, 5.74) is 0. The van der Waals surface area contributed by atoms with Gasteiger partial charge in [0.15, 0.2) is 17.7 Å². The molecular weight excluding hydrogens is 325 g/mol. The monoisotopic (exact) mass is 343 g/mol. The number of nitrogens with zero attached hydrogens (tertiary/aromatic N) is 1. The van der Waals surface area contributed by atoms with Crippen molar-refractivity contribution in [2.24, 2.45) is 5.92 Å². The Balaban J connectivity index is 1.97. The molecule has 1 aromatic rings. The van der Waals surface area contributed by atoms with E-state index >= 15 is 0 Å². The third-order valence-corrected chi connectivity index (χ3v) is 4.13. The van der Waals surface area contributed by atoms with Gasteiger partial charge in [-0.05, 0) is 43.9 Å². The number of benzene rings is 1. The average molecular weight is 344 g/mol. The molecule has 1 aliphatic heterocycles. The SMILES string of the molecule is CC1CCN(C(=O)C(C)Oc2ccc(Br)cc2F)CC1. The number of ether oxygens (including phenoxy) is 1. The van der Waals surface area contributed by atoms with Crippen molar-refractivity contribution in [3.8, 4) is 5.75 Å². The van der Waals surface area contributed by atoms with Crippen molar-refractivity contribution >= 4 is 21.8 Å². The van der Waals surface area contributed by atoms with E-state index in [9.17, 15) is 9.18 Å². The van der Waals surface area contributed by atoms with Gasteiger partial charge in [0.25, 0.3) is 5.91 Å². The van der Waals surface area contributed by atoms with Gasteiger partial charge in [0, 0.05) is 17.6 Å². The molecule has 1 fully saturated rings. The number of halogens is 2. The number of likely N-dealkylation sites (tertiary alicyclic amines) is 1. The van der Waals surface area contributed by atoms with E-state index in [4.69, 9.17) is 4.74 Å². The lowest BCUT2D eigenvalue weighted by molar-refractivity contribution is -0.139. The second kappa shape index (κ2) is 6.57. The molecule has 1 atom stereocenters. The highest BCUT2D eigenvalue weighted by Gasteiger charge is 2.26. The molecule has 0 bridgehead atoms. The molecule has 5 heteroatoms. The average Bonchev–Trinajstić information content (AvgIpc) is 2.42. The first-order valence-corrected chi connectivity index (χ1v) is 7.67. The summed E-state index contributed by atoms with van der Waals surface area (Å²) in [6, 6.07) is 4.55. The predicted molar refractivity (Wildman–Crippen MR) is 79.2 cm³/mol. The molecule has 0 radical (unpaired) electrons. The van der Waals surface area contributed by atoms with Crippen molar-refractivity contribution in [1.82, 2.24) is 4.90 Å². The fourth-order valence-electron chi connectivity index (χ4n) is 2.30. The minimum Gasteiger partial charge on any atom is -0.478 e. The zero-order chi connectivity index (χ0) is 14.7. The van der Waals surface area contributed by atoms with Crippen LogP contribution in [0.4, 0.5) is 4.39 Å². The van der Waals surface area contributed by atoms with Crippen LogP contribution >= 0.6 is 15.9 Å². The Morgan fingerprint density at radius 1 is 1.45 bits per heavy atom. The van der Waals surface area contributed by atoms with Gasteiger partial charge in [0.2, 0.25) is 0 Å². The normalized spacial score (nSPS) is 17.9. The molecule has 0 saturated carbocycles. The van der Waals surface area contributed by atoms with Crippen molar-refractivity contribution < 1.29 is 13.9 Å². The minimum atomic E-state index is -0.668. The lowest BCUT2D eigenvalue weighted by Gasteiger charge is -2.32. The fourth-order valence-corrected chi connectivity index (χ4v) is 2.63. The van der Waals surface area contributed by atoms with E-state index < -0.39 is 11.9 Å². The van der Waals surface area contributed by atoms with Crippen LogP contribution in [0.1, 0.15) is 26.7 Å². The van der Waals surface area contributed by atoms with Gasteiger partial charge >= 0.3 is 0 Å².